The molecule has 1 aromatic heterocycles. The molecule has 9 heteroatoms. The number of aromatic amines is 1. The third-order valence-corrected chi connectivity index (χ3v) is 6.53. The number of piperidine rings is 1. The summed E-state index contributed by atoms with van der Waals surface area (Å²) in [7, 11) is 0. The number of nitrogens with one attached hydrogen (secondary N) is 1. The standard InChI is InChI=1S/C26H29N3O5S/c1-18-22(16-30)29(25(35)27-18)21-12-14-28(15-13-21)26(32)34-23(20-10-6-3-7-11-20)24(31)33-17-19-8-4-2-5-9-19/h2-11,21,23,30H,12-17H2,1H3,(H,27,35). The first-order valence-electron chi connectivity index (χ1n) is 11.6. The van der Waals surface area contributed by atoms with Crippen LogP contribution < -0.4 is 0 Å². The molecule has 8 nitrogen and oxygen atoms in total. The van der Waals surface area contributed by atoms with E-state index in [1.165, 1.54) is 0 Å². The predicted octanol–water partition coefficient (Wildman–Crippen LogP) is 4.60. The second-order valence-corrected chi connectivity index (χ2v) is 8.90. The number of aliphatic hydroxyl groups is 1. The zero-order chi connectivity index (χ0) is 24.8. The summed E-state index contributed by atoms with van der Waals surface area (Å²) in [5, 5.41) is 9.74. The number of rotatable bonds is 7. The van der Waals surface area contributed by atoms with Gasteiger partial charge in [0.15, 0.2) is 4.77 Å². The predicted molar refractivity (Wildman–Crippen MR) is 132 cm³/mol. The molecule has 1 saturated heterocycles. The topological polar surface area (TPSA) is 96.8 Å². The molecule has 1 fully saturated rings. The average Bonchev–Trinajstić information content (AvgIpc) is 3.19. The Morgan fingerprint density at radius 3 is 2.34 bits per heavy atom. The van der Waals surface area contributed by atoms with Crippen molar-refractivity contribution in [3.05, 3.63) is 87.9 Å². The Hall–Kier alpha value is -3.43. The van der Waals surface area contributed by atoms with Crippen LogP contribution in [0.1, 0.15) is 47.5 Å². The molecule has 0 saturated carbocycles. The molecule has 0 radical (unpaired) electrons. The van der Waals surface area contributed by atoms with Crippen LogP contribution >= 0.6 is 12.2 Å². The van der Waals surface area contributed by atoms with Gasteiger partial charge in [-0.1, -0.05) is 60.7 Å². The van der Waals surface area contributed by atoms with Crippen molar-refractivity contribution in [2.24, 2.45) is 0 Å². The fourth-order valence-corrected chi connectivity index (χ4v) is 4.76. The number of aliphatic hydroxyl groups excluding tert-OH is 1. The lowest BCUT2D eigenvalue weighted by Gasteiger charge is -2.33. The highest BCUT2D eigenvalue weighted by Crippen LogP contribution is 2.28. The Balaban J connectivity index is 1.41. The van der Waals surface area contributed by atoms with Crippen LogP contribution in [-0.4, -0.2) is 44.7 Å². The minimum atomic E-state index is -1.16. The van der Waals surface area contributed by atoms with Crippen LogP contribution in [0.2, 0.25) is 0 Å². The highest BCUT2D eigenvalue weighted by atomic mass is 32.1. The Labute approximate surface area is 209 Å². The third-order valence-electron chi connectivity index (χ3n) is 6.23. The van der Waals surface area contributed by atoms with Crippen molar-refractivity contribution in [1.82, 2.24) is 14.5 Å². The van der Waals surface area contributed by atoms with Crippen LogP contribution in [0.25, 0.3) is 0 Å². The van der Waals surface area contributed by atoms with Gasteiger partial charge < -0.3 is 29.0 Å². The SMILES string of the molecule is Cc1[nH]c(=S)n(C2CCN(C(=O)OC(C(=O)OCc3ccccc3)c3ccccc3)CC2)c1CO. The van der Waals surface area contributed by atoms with Crippen molar-refractivity contribution in [2.75, 3.05) is 13.1 Å². The van der Waals surface area contributed by atoms with E-state index in [9.17, 15) is 14.7 Å². The van der Waals surface area contributed by atoms with Crippen molar-refractivity contribution in [3.8, 4) is 0 Å². The van der Waals surface area contributed by atoms with Crippen molar-refractivity contribution in [3.63, 3.8) is 0 Å². The number of aryl methyl sites for hydroxylation is 1. The Bertz CT molecular complexity index is 1200. The van der Waals surface area contributed by atoms with Gasteiger partial charge in [-0.25, -0.2) is 9.59 Å². The summed E-state index contributed by atoms with van der Waals surface area (Å²) in [4.78, 5) is 30.6. The number of carbonyl (C=O) groups excluding carboxylic acids is 2. The number of hydrogen-bond acceptors (Lipinski definition) is 6. The fraction of sp³-hybridized carbons (Fsp3) is 0.346. The molecule has 0 bridgehead atoms. The summed E-state index contributed by atoms with van der Waals surface area (Å²) in [6, 6.07) is 18.3. The monoisotopic (exact) mass is 495 g/mol. The lowest BCUT2D eigenvalue weighted by atomic mass is 10.0. The number of imidazole rings is 1. The first-order valence-corrected chi connectivity index (χ1v) is 12.0. The summed E-state index contributed by atoms with van der Waals surface area (Å²) in [6.07, 6.45) is -0.415. The molecular formula is C26H29N3O5S. The van der Waals surface area contributed by atoms with Gasteiger partial charge in [-0.2, -0.15) is 0 Å². The number of benzene rings is 2. The number of likely N-dealkylation sites (tertiary alicyclic amines) is 1. The summed E-state index contributed by atoms with van der Waals surface area (Å²) in [5.41, 5.74) is 3.01. The highest BCUT2D eigenvalue weighted by Gasteiger charge is 2.32. The molecule has 1 amide bonds. The summed E-state index contributed by atoms with van der Waals surface area (Å²) >= 11 is 5.43. The van der Waals surface area contributed by atoms with Gasteiger partial charge in [-0.15, -0.1) is 0 Å². The van der Waals surface area contributed by atoms with E-state index in [1.807, 2.05) is 47.9 Å². The number of ether oxygens (including phenoxy) is 2. The molecule has 4 rings (SSSR count). The van der Waals surface area contributed by atoms with Crippen LogP contribution in [0.3, 0.4) is 0 Å². The van der Waals surface area contributed by atoms with E-state index in [0.717, 1.165) is 17.0 Å². The van der Waals surface area contributed by atoms with Gasteiger partial charge in [-0.05, 0) is 37.5 Å². The van der Waals surface area contributed by atoms with E-state index in [4.69, 9.17) is 21.7 Å². The summed E-state index contributed by atoms with van der Waals surface area (Å²) < 4.78 is 13.7. The first kappa shape index (κ1) is 24.7. The van der Waals surface area contributed by atoms with Gasteiger partial charge in [-0.3, -0.25) is 0 Å². The molecular weight excluding hydrogens is 466 g/mol. The minimum absolute atomic E-state index is 0.0689. The maximum Gasteiger partial charge on any atom is 0.410 e. The van der Waals surface area contributed by atoms with Gasteiger partial charge in [0, 0.05) is 30.4 Å². The number of H-pyrrole nitrogens is 1. The lowest BCUT2D eigenvalue weighted by molar-refractivity contribution is -0.156. The molecule has 184 valence electrons. The van der Waals surface area contributed by atoms with Crippen LogP contribution in [0.4, 0.5) is 4.79 Å². The van der Waals surface area contributed by atoms with E-state index in [-0.39, 0.29) is 19.3 Å². The number of aromatic nitrogens is 2. The fourth-order valence-electron chi connectivity index (χ4n) is 4.34. The van der Waals surface area contributed by atoms with E-state index >= 15 is 0 Å². The number of amides is 1. The zero-order valence-electron chi connectivity index (χ0n) is 19.6. The van der Waals surface area contributed by atoms with Crippen LogP contribution in [0.5, 0.6) is 0 Å². The van der Waals surface area contributed by atoms with Crippen molar-refractivity contribution < 1.29 is 24.2 Å². The molecule has 1 aliphatic heterocycles. The quantitative estimate of drug-likeness (QED) is 0.367. The number of hydrogen-bond donors (Lipinski definition) is 2. The molecule has 1 unspecified atom stereocenters. The van der Waals surface area contributed by atoms with Crippen molar-refractivity contribution in [2.45, 2.75) is 45.1 Å². The summed E-state index contributed by atoms with van der Waals surface area (Å²) in [6.45, 7) is 2.76. The Morgan fingerprint density at radius 1 is 1.09 bits per heavy atom. The van der Waals surface area contributed by atoms with E-state index < -0.39 is 18.2 Å². The maximum atomic E-state index is 13.0. The maximum absolute atomic E-state index is 13.0. The van der Waals surface area contributed by atoms with Gasteiger partial charge in [0.1, 0.15) is 6.61 Å². The second-order valence-electron chi connectivity index (χ2n) is 8.52. The van der Waals surface area contributed by atoms with Crippen molar-refractivity contribution >= 4 is 24.3 Å². The lowest BCUT2D eigenvalue weighted by Crippen LogP contribution is -2.41. The molecule has 0 aliphatic carbocycles. The molecule has 2 aromatic carbocycles. The molecule has 0 spiro atoms. The van der Waals surface area contributed by atoms with Crippen molar-refractivity contribution in [1.29, 1.82) is 0 Å². The summed E-state index contributed by atoms with van der Waals surface area (Å²) in [5.74, 6) is -0.620. The van der Waals surface area contributed by atoms with E-state index in [2.05, 4.69) is 4.98 Å². The van der Waals surface area contributed by atoms with Gasteiger partial charge >= 0.3 is 12.1 Å². The minimum Gasteiger partial charge on any atom is -0.458 e. The highest BCUT2D eigenvalue weighted by molar-refractivity contribution is 7.71. The number of carbonyl (C=O) groups is 2. The molecule has 3 aromatic rings. The third kappa shape index (κ3) is 5.80. The van der Waals surface area contributed by atoms with Crippen LogP contribution in [0.15, 0.2) is 60.7 Å². The second kappa shape index (κ2) is 11.3. The number of nitrogens with zero attached hydrogens (tertiary/aromatic N) is 2. The first-order chi connectivity index (χ1) is 17.0. The molecule has 1 atom stereocenters. The normalized spacial score (nSPS) is 15.0. The van der Waals surface area contributed by atoms with E-state index in [0.29, 0.717) is 36.3 Å². The van der Waals surface area contributed by atoms with Gasteiger partial charge in [0.2, 0.25) is 6.10 Å². The van der Waals surface area contributed by atoms with Crippen LogP contribution in [0, 0.1) is 11.7 Å². The Morgan fingerprint density at radius 2 is 1.71 bits per heavy atom. The molecule has 1 aliphatic rings. The zero-order valence-corrected chi connectivity index (χ0v) is 20.4. The largest absolute Gasteiger partial charge is 0.458 e. The average molecular weight is 496 g/mol. The number of esters is 1. The molecule has 2 N–H and O–H groups in total. The van der Waals surface area contributed by atoms with E-state index in [1.54, 1.807) is 29.2 Å². The van der Waals surface area contributed by atoms with Gasteiger partial charge in [0.25, 0.3) is 0 Å². The van der Waals surface area contributed by atoms with Crippen LogP contribution in [-0.2, 0) is 27.5 Å². The molecule has 2 heterocycles. The molecule has 35 heavy (non-hydrogen) atoms. The smallest absolute Gasteiger partial charge is 0.410 e. The Kier molecular flexibility index (Phi) is 7.99. The van der Waals surface area contributed by atoms with Gasteiger partial charge in [0.05, 0.1) is 12.3 Å².